The van der Waals surface area contributed by atoms with Crippen molar-refractivity contribution < 1.29 is 15.1 Å². The summed E-state index contributed by atoms with van der Waals surface area (Å²) < 4.78 is 0. The molecule has 0 bridgehead atoms. The number of hydrogen-bond acceptors (Lipinski definition) is 4. The van der Waals surface area contributed by atoms with Gasteiger partial charge in [-0.05, 0) is 36.1 Å². The van der Waals surface area contributed by atoms with Gasteiger partial charge in [-0.25, -0.2) is 5.06 Å². The Balaban J connectivity index is 1.75. The number of aliphatic hydroxyl groups is 1. The Kier molecular flexibility index (Phi) is 6.50. The summed E-state index contributed by atoms with van der Waals surface area (Å²) >= 11 is 6.05. The number of amides is 1. The van der Waals surface area contributed by atoms with Crippen LogP contribution in [-0.4, -0.2) is 51.9 Å². The molecule has 2 unspecified atom stereocenters. The molecular weight excluding hydrogens is 364 g/mol. The highest BCUT2D eigenvalue weighted by molar-refractivity contribution is 6.31. The summed E-state index contributed by atoms with van der Waals surface area (Å²) in [5.74, 6) is -0.370. The zero-order chi connectivity index (χ0) is 19.4. The summed E-state index contributed by atoms with van der Waals surface area (Å²) in [6, 6.07) is 14.4. The van der Waals surface area contributed by atoms with E-state index in [2.05, 4.69) is 4.90 Å². The molecule has 1 saturated heterocycles. The molecule has 6 heteroatoms. The van der Waals surface area contributed by atoms with Gasteiger partial charge in [-0.1, -0.05) is 54.1 Å². The lowest BCUT2D eigenvalue weighted by molar-refractivity contribution is -0.177. The quantitative estimate of drug-likeness (QED) is 0.589. The molecule has 0 radical (unpaired) electrons. The lowest BCUT2D eigenvalue weighted by atomic mass is 10.0. The van der Waals surface area contributed by atoms with Crippen LogP contribution in [0.1, 0.15) is 29.2 Å². The van der Waals surface area contributed by atoms with Gasteiger partial charge in [0.25, 0.3) is 5.91 Å². The molecule has 1 fully saturated rings. The number of aliphatic hydroxyl groups excluding tert-OH is 1. The van der Waals surface area contributed by atoms with Gasteiger partial charge in [0.15, 0.2) is 0 Å². The monoisotopic (exact) mass is 388 g/mol. The highest BCUT2D eigenvalue weighted by atomic mass is 35.5. The number of β-amino-alcohol motifs (C(OH)–C–C–N with tert-alkyl or cyclic N) is 1. The van der Waals surface area contributed by atoms with Crippen LogP contribution in [0.15, 0.2) is 48.5 Å². The van der Waals surface area contributed by atoms with Crippen molar-refractivity contribution in [3.8, 4) is 0 Å². The Labute approximate surface area is 164 Å². The van der Waals surface area contributed by atoms with Crippen molar-refractivity contribution in [1.82, 2.24) is 9.96 Å². The van der Waals surface area contributed by atoms with Gasteiger partial charge in [-0.2, -0.15) is 0 Å². The minimum Gasteiger partial charge on any atom is -0.392 e. The molecule has 0 aromatic heterocycles. The summed E-state index contributed by atoms with van der Waals surface area (Å²) in [4.78, 5) is 14.8. The molecule has 2 aromatic carbocycles. The Morgan fingerprint density at radius 1 is 1.30 bits per heavy atom. The van der Waals surface area contributed by atoms with E-state index in [1.165, 1.54) is 0 Å². The number of nitrogens with zero attached hydrogens (tertiary/aromatic N) is 2. The number of carbonyl (C=O) groups is 1. The molecular formula is C21H25ClN2O3. The van der Waals surface area contributed by atoms with Crippen LogP contribution in [-0.2, 0) is 11.2 Å². The third kappa shape index (κ3) is 5.08. The largest absolute Gasteiger partial charge is 0.392 e. The van der Waals surface area contributed by atoms with Crippen molar-refractivity contribution in [1.29, 1.82) is 0 Å². The molecule has 0 spiro atoms. The van der Waals surface area contributed by atoms with E-state index in [1.54, 1.807) is 12.1 Å². The third-order valence-electron chi connectivity index (χ3n) is 4.99. The van der Waals surface area contributed by atoms with Crippen LogP contribution in [0.5, 0.6) is 0 Å². The normalized spacial score (nSPS) is 18.4. The first kappa shape index (κ1) is 19.8. The van der Waals surface area contributed by atoms with Gasteiger partial charge in [-0.3, -0.25) is 14.9 Å². The van der Waals surface area contributed by atoms with E-state index in [-0.39, 0.29) is 18.4 Å². The van der Waals surface area contributed by atoms with Crippen molar-refractivity contribution >= 4 is 17.5 Å². The molecule has 3 rings (SSSR count). The molecule has 0 saturated carbocycles. The van der Waals surface area contributed by atoms with E-state index in [0.29, 0.717) is 24.5 Å². The first-order chi connectivity index (χ1) is 12.9. The van der Waals surface area contributed by atoms with E-state index >= 15 is 0 Å². The molecule has 1 heterocycles. The number of benzene rings is 2. The van der Waals surface area contributed by atoms with Crippen LogP contribution in [0.3, 0.4) is 0 Å². The van der Waals surface area contributed by atoms with Gasteiger partial charge in [0.05, 0.1) is 18.6 Å². The second kappa shape index (κ2) is 8.85. The Hall–Kier alpha value is -1.92. The minimum absolute atomic E-state index is 0.0977. The SMILES string of the molecule is Cc1cc(CC(=O)N(O)C(CN2CCC(O)C2)c2ccccc2)ccc1Cl. The molecule has 2 aromatic rings. The van der Waals surface area contributed by atoms with Crippen molar-refractivity contribution in [2.45, 2.75) is 31.9 Å². The summed E-state index contributed by atoms with van der Waals surface area (Å²) in [6.07, 6.45) is 0.465. The highest BCUT2D eigenvalue weighted by Crippen LogP contribution is 2.24. The van der Waals surface area contributed by atoms with E-state index in [1.807, 2.05) is 43.3 Å². The number of rotatable bonds is 6. The second-order valence-electron chi connectivity index (χ2n) is 7.13. The Bertz CT molecular complexity index is 784. The second-order valence-corrected chi connectivity index (χ2v) is 7.53. The van der Waals surface area contributed by atoms with Gasteiger partial charge in [0.1, 0.15) is 0 Å². The van der Waals surface area contributed by atoms with E-state index in [0.717, 1.165) is 28.3 Å². The van der Waals surface area contributed by atoms with Crippen molar-refractivity contribution in [2.24, 2.45) is 0 Å². The van der Waals surface area contributed by atoms with Crippen molar-refractivity contribution in [2.75, 3.05) is 19.6 Å². The fourth-order valence-electron chi connectivity index (χ4n) is 3.47. The van der Waals surface area contributed by atoms with Crippen LogP contribution in [0, 0.1) is 6.92 Å². The summed E-state index contributed by atoms with van der Waals surface area (Å²) in [5, 5.41) is 22.0. The molecule has 1 amide bonds. The predicted molar refractivity (Wildman–Crippen MR) is 105 cm³/mol. The number of aryl methyl sites for hydroxylation is 1. The lowest BCUT2D eigenvalue weighted by Gasteiger charge is -2.30. The van der Waals surface area contributed by atoms with Crippen molar-refractivity contribution in [3.63, 3.8) is 0 Å². The lowest BCUT2D eigenvalue weighted by Crippen LogP contribution is -2.40. The maximum Gasteiger partial charge on any atom is 0.250 e. The zero-order valence-electron chi connectivity index (χ0n) is 15.4. The molecule has 144 valence electrons. The van der Waals surface area contributed by atoms with Crippen LogP contribution >= 0.6 is 11.6 Å². The maximum atomic E-state index is 12.7. The summed E-state index contributed by atoms with van der Waals surface area (Å²) in [5.41, 5.74) is 2.57. The summed E-state index contributed by atoms with van der Waals surface area (Å²) in [7, 11) is 0. The Morgan fingerprint density at radius 2 is 2.04 bits per heavy atom. The fraction of sp³-hybridized carbons (Fsp3) is 0.381. The number of hydrogen-bond donors (Lipinski definition) is 2. The van der Waals surface area contributed by atoms with Gasteiger partial charge < -0.3 is 5.11 Å². The molecule has 27 heavy (non-hydrogen) atoms. The average Bonchev–Trinajstić information content (AvgIpc) is 3.08. The summed E-state index contributed by atoms with van der Waals surface area (Å²) in [6.45, 7) is 3.67. The van der Waals surface area contributed by atoms with Gasteiger partial charge in [0, 0.05) is 24.7 Å². The van der Waals surface area contributed by atoms with Crippen molar-refractivity contribution in [3.05, 3.63) is 70.2 Å². The molecule has 2 N–H and O–H groups in total. The van der Waals surface area contributed by atoms with Gasteiger partial charge in [0.2, 0.25) is 0 Å². The molecule has 0 aliphatic carbocycles. The van der Waals surface area contributed by atoms with Gasteiger partial charge in [-0.15, -0.1) is 0 Å². The maximum absolute atomic E-state index is 12.7. The van der Waals surface area contributed by atoms with Crippen LogP contribution < -0.4 is 0 Å². The van der Waals surface area contributed by atoms with E-state index in [9.17, 15) is 15.1 Å². The predicted octanol–water partition coefficient (Wildman–Crippen LogP) is 3.22. The highest BCUT2D eigenvalue weighted by Gasteiger charge is 2.29. The van der Waals surface area contributed by atoms with E-state index in [4.69, 9.17) is 11.6 Å². The first-order valence-corrected chi connectivity index (χ1v) is 9.53. The number of carbonyl (C=O) groups excluding carboxylic acids is 1. The van der Waals surface area contributed by atoms with Crippen LogP contribution in [0.2, 0.25) is 5.02 Å². The topological polar surface area (TPSA) is 64.0 Å². The average molecular weight is 389 g/mol. The third-order valence-corrected chi connectivity index (χ3v) is 5.42. The Morgan fingerprint density at radius 3 is 2.67 bits per heavy atom. The minimum atomic E-state index is -0.489. The first-order valence-electron chi connectivity index (χ1n) is 9.15. The number of hydroxylamine groups is 2. The molecule has 5 nitrogen and oxygen atoms in total. The standard InChI is InChI=1S/C21H25ClN2O3/c1-15-11-16(7-8-19(15)22)12-21(26)24(27)20(17-5-3-2-4-6-17)14-23-10-9-18(25)13-23/h2-8,11,18,20,25,27H,9-10,12-14H2,1H3. The smallest absolute Gasteiger partial charge is 0.250 e. The number of likely N-dealkylation sites (tertiary alicyclic amines) is 1. The van der Waals surface area contributed by atoms with Crippen LogP contribution in [0.25, 0.3) is 0 Å². The molecule has 1 aliphatic rings. The molecule has 2 atom stereocenters. The fourth-order valence-corrected chi connectivity index (χ4v) is 3.59. The zero-order valence-corrected chi connectivity index (χ0v) is 16.1. The van der Waals surface area contributed by atoms with Gasteiger partial charge >= 0.3 is 0 Å². The number of halogens is 1. The van der Waals surface area contributed by atoms with E-state index < -0.39 is 6.04 Å². The molecule has 1 aliphatic heterocycles. The van der Waals surface area contributed by atoms with Crippen LogP contribution in [0.4, 0.5) is 0 Å².